The number of hydrogen-bond donors (Lipinski definition) is 2. The molecule has 0 aromatic heterocycles. The van der Waals surface area contributed by atoms with Crippen molar-refractivity contribution in [2.24, 2.45) is 5.84 Å². The van der Waals surface area contributed by atoms with Crippen LogP contribution < -0.4 is 11.3 Å². The molecule has 3 N–H and O–H groups in total. The van der Waals surface area contributed by atoms with Gasteiger partial charge in [0.2, 0.25) is 0 Å². The van der Waals surface area contributed by atoms with Gasteiger partial charge in [0.15, 0.2) is 0 Å². The Labute approximate surface area is 144 Å². The Kier molecular flexibility index (Phi) is 5.80. The summed E-state index contributed by atoms with van der Waals surface area (Å²) in [6.45, 7) is 0. The van der Waals surface area contributed by atoms with Crippen LogP contribution in [0.4, 0.5) is 4.39 Å². The van der Waals surface area contributed by atoms with Crippen molar-refractivity contribution >= 4 is 50.1 Å². The number of hydrazine groups is 1. The summed E-state index contributed by atoms with van der Waals surface area (Å²) in [6.07, 6.45) is 0.585. The fraction of sp³-hybridized carbons (Fsp3) is 0.143. The maximum absolute atomic E-state index is 13.1. The fourth-order valence-electron chi connectivity index (χ4n) is 1.95. The van der Waals surface area contributed by atoms with Gasteiger partial charge in [-0.1, -0.05) is 33.6 Å². The van der Waals surface area contributed by atoms with Crippen LogP contribution in [0.25, 0.3) is 0 Å². The van der Waals surface area contributed by atoms with Crippen LogP contribution in [-0.4, -0.2) is 0 Å². The van der Waals surface area contributed by atoms with Crippen molar-refractivity contribution in [3.05, 3.63) is 66.4 Å². The van der Waals surface area contributed by atoms with Crippen molar-refractivity contribution in [1.29, 1.82) is 0 Å². The normalized spacial score (nSPS) is 12.4. The summed E-state index contributed by atoms with van der Waals surface area (Å²) in [7, 11) is 0. The molecule has 0 bridgehead atoms. The molecule has 0 radical (unpaired) electrons. The molecule has 1 unspecified atom stereocenters. The zero-order chi connectivity index (χ0) is 14.7. The molecular weight excluding hydrogens is 457 g/mol. The lowest BCUT2D eigenvalue weighted by Gasteiger charge is -2.19. The largest absolute Gasteiger partial charge is 0.271 e. The molecule has 0 amide bonds. The average molecular weight is 470 g/mol. The quantitative estimate of drug-likeness (QED) is 0.391. The van der Waals surface area contributed by atoms with E-state index in [1.165, 1.54) is 12.1 Å². The van der Waals surface area contributed by atoms with Crippen LogP contribution in [0.1, 0.15) is 17.2 Å². The van der Waals surface area contributed by atoms with Gasteiger partial charge in [0, 0.05) is 13.1 Å². The highest BCUT2D eigenvalue weighted by atomic mass is 127. The molecule has 0 fully saturated rings. The van der Waals surface area contributed by atoms with Gasteiger partial charge in [0.1, 0.15) is 5.82 Å². The maximum atomic E-state index is 13.1. The third-order valence-corrected chi connectivity index (χ3v) is 4.80. The molecule has 0 saturated heterocycles. The van der Waals surface area contributed by atoms with Gasteiger partial charge in [-0.05, 0) is 70.5 Å². The number of halogens is 4. The Morgan fingerprint density at radius 1 is 1.30 bits per heavy atom. The van der Waals surface area contributed by atoms with Gasteiger partial charge >= 0.3 is 0 Å². The average Bonchev–Trinajstić information content (AvgIpc) is 2.41. The van der Waals surface area contributed by atoms with Crippen LogP contribution in [0.3, 0.4) is 0 Å². The van der Waals surface area contributed by atoms with Gasteiger partial charge < -0.3 is 0 Å². The van der Waals surface area contributed by atoms with Crippen molar-refractivity contribution in [1.82, 2.24) is 5.43 Å². The van der Waals surface area contributed by atoms with E-state index in [0.29, 0.717) is 11.4 Å². The van der Waals surface area contributed by atoms with Crippen LogP contribution in [0.5, 0.6) is 0 Å². The lowest BCUT2D eigenvalue weighted by molar-refractivity contribution is 0.548. The molecule has 6 heteroatoms. The second kappa shape index (κ2) is 7.17. The lowest BCUT2D eigenvalue weighted by Crippen LogP contribution is -2.30. The first-order valence-electron chi connectivity index (χ1n) is 5.86. The number of nitrogens with one attached hydrogen (secondary N) is 1. The second-order valence-corrected chi connectivity index (χ2v) is 6.81. The first-order valence-corrected chi connectivity index (χ1v) is 8.11. The van der Waals surface area contributed by atoms with E-state index >= 15 is 0 Å². The molecule has 2 nitrogen and oxygen atoms in total. The molecule has 2 aromatic carbocycles. The maximum Gasteiger partial charge on any atom is 0.124 e. The summed E-state index contributed by atoms with van der Waals surface area (Å²) in [5, 5.41) is 0.412. The molecule has 20 heavy (non-hydrogen) atoms. The minimum absolute atomic E-state index is 0.0950. The summed E-state index contributed by atoms with van der Waals surface area (Å²) >= 11 is 11.8. The van der Waals surface area contributed by atoms with Gasteiger partial charge in [-0.3, -0.25) is 11.3 Å². The Morgan fingerprint density at radius 3 is 2.70 bits per heavy atom. The molecule has 0 aliphatic carbocycles. The molecule has 0 saturated carbocycles. The number of rotatable bonds is 4. The highest BCUT2D eigenvalue weighted by Crippen LogP contribution is 2.28. The molecule has 2 aromatic rings. The van der Waals surface area contributed by atoms with Gasteiger partial charge in [-0.2, -0.15) is 0 Å². The van der Waals surface area contributed by atoms with E-state index in [2.05, 4.69) is 43.9 Å². The van der Waals surface area contributed by atoms with Crippen LogP contribution >= 0.6 is 50.1 Å². The fourth-order valence-corrected chi connectivity index (χ4v) is 3.28. The highest BCUT2D eigenvalue weighted by molar-refractivity contribution is 14.1. The van der Waals surface area contributed by atoms with Crippen molar-refractivity contribution in [3.63, 3.8) is 0 Å². The third kappa shape index (κ3) is 3.92. The van der Waals surface area contributed by atoms with Gasteiger partial charge in [0.25, 0.3) is 0 Å². The molecule has 1 atom stereocenters. The molecule has 106 valence electrons. The first kappa shape index (κ1) is 16.2. The van der Waals surface area contributed by atoms with Crippen molar-refractivity contribution in [2.75, 3.05) is 0 Å². The van der Waals surface area contributed by atoms with Crippen molar-refractivity contribution in [2.45, 2.75) is 12.5 Å². The SMILES string of the molecule is NNC(Cc1ccc(F)cc1Cl)c1cc(Br)ccc1I. The van der Waals surface area contributed by atoms with E-state index in [1.54, 1.807) is 6.07 Å². The van der Waals surface area contributed by atoms with Gasteiger partial charge in [0.05, 0.1) is 6.04 Å². The second-order valence-electron chi connectivity index (χ2n) is 4.32. The summed E-state index contributed by atoms with van der Waals surface area (Å²) in [4.78, 5) is 0. The smallest absolute Gasteiger partial charge is 0.124 e. The standard InChI is InChI=1S/C14H12BrClFIN2/c15-9-2-4-13(18)11(6-9)14(20-19)5-8-1-3-10(17)7-12(8)16/h1-4,6-7,14,20H,5,19H2. The Morgan fingerprint density at radius 2 is 2.05 bits per heavy atom. The van der Waals surface area contributed by atoms with E-state index in [-0.39, 0.29) is 11.9 Å². The molecule has 0 heterocycles. The zero-order valence-corrected chi connectivity index (χ0v) is 14.8. The van der Waals surface area contributed by atoms with E-state index in [0.717, 1.165) is 19.2 Å². The minimum atomic E-state index is -0.340. The summed E-state index contributed by atoms with van der Waals surface area (Å²) < 4.78 is 15.2. The van der Waals surface area contributed by atoms with E-state index < -0.39 is 0 Å². The van der Waals surface area contributed by atoms with E-state index in [9.17, 15) is 4.39 Å². The van der Waals surface area contributed by atoms with Crippen LogP contribution in [0, 0.1) is 9.39 Å². The lowest BCUT2D eigenvalue weighted by atomic mass is 9.99. The molecular formula is C14H12BrClFIN2. The monoisotopic (exact) mass is 468 g/mol. The summed E-state index contributed by atoms with van der Waals surface area (Å²) in [5.74, 6) is 5.33. The summed E-state index contributed by atoms with van der Waals surface area (Å²) in [5.41, 5.74) is 4.72. The Bertz CT molecular complexity index is 624. The van der Waals surface area contributed by atoms with E-state index in [4.69, 9.17) is 17.4 Å². The predicted octanol–water partition coefficient (Wildman–Crippen LogP) is 4.59. The summed E-state index contributed by atoms with van der Waals surface area (Å²) in [6, 6.07) is 10.3. The molecule has 0 aliphatic rings. The van der Waals surface area contributed by atoms with Crippen LogP contribution in [-0.2, 0) is 6.42 Å². The zero-order valence-electron chi connectivity index (χ0n) is 10.3. The number of nitrogens with two attached hydrogens (primary N) is 1. The van der Waals surface area contributed by atoms with Gasteiger partial charge in [-0.15, -0.1) is 0 Å². The number of hydrogen-bond acceptors (Lipinski definition) is 2. The van der Waals surface area contributed by atoms with Crippen LogP contribution in [0.15, 0.2) is 40.9 Å². The predicted molar refractivity (Wildman–Crippen MR) is 92.0 cm³/mol. The van der Waals surface area contributed by atoms with Crippen molar-refractivity contribution in [3.8, 4) is 0 Å². The molecule has 0 aliphatic heterocycles. The Hall–Kier alpha value is -0.210. The molecule has 2 rings (SSSR count). The molecule has 0 spiro atoms. The Balaban J connectivity index is 2.31. The highest BCUT2D eigenvalue weighted by Gasteiger charge is 2.16. The topological polar surface area (TPSA) is 38.0 Å². The third-order valence-electron chi connectivity index (χ3n) is 2.97. The first-order chi connectivity index (χ1) is 9.51. The van der Waals surface area contributed by atoms with Gasteiger partial charge in [-0.25, -0.2) is 4.39 Å². The van der Waals surface area contributed by atoms with Crippen molar-refractivity contribution < 1.29 is 4.39 Å². The van der Waals surface area contributed by atoms with E-state index in [1.807, 2.05) is 18.2 Å². The number of benzene rings is 2. The van der Waals surface area contributed by atoms with Crippen LogP contribution in [0.2, 0.25) is 5.02 Å². The minimum Gasteiger partial charge on any atom is -0.271 e.